The van der Waals surface area contributed by atoms with Crippen LogP contribution in [0.25, 0.3) is 0 Å². The van der Waals surface area contributed by atoms with Gasteiger partial charge in [0, 0.05) is 18.1 Å². The van der Waals surface area contributed by atoms with Crippen LogP contribution in [0.3, 0.4) is 0 Å². The van der Waals surface area contributed by atoms with Crippen LogP contribution in [0.5, 0.6) is 5.75 Å². The molecule has 0 aliphatic heterocycles. The molecule has 0 aliphatic rings. The van der Waals surface area contributed by atoms with E-state index in [2.05, 4.69) is 21.2 Å². The van der Waals surface area contributed by atoms with E-state index < -0.39 is 28.5 Å². The zero-order valence-electron chi connectivity index (χ0n) is 22.9. The van der Waals surface area contributed by atoms with Crippen molar-refractivity contribution in [3.8, 4) is 5.75 Å². The van der Waals surface area contributed by atoms with Crippen LogP contribution in [0.1, 0.15) is 31.4 Å². The predicted octanol–water partition coefficient (Wildman–Crippen LogP) is 5.56. The van der Waals surface area contributed by atoms with Gasteiger partial charge in [-0.15, -0.1) is 0 Å². The van der Waals surface area contributed by atoms with Gasteiger partial charge in [-0.2, -0.15) is 0 Å². The third-order valence-corrected chi connectivity index (χ3v) is 8.90. The Balaban J connectivity index is 2.04. The number of methoxy groups -OCH3 is 1. The SMILES string of the molecule is CCCNC(=O)[C@H](C)N(Cc1cccc(Cl)c1)C(=O)CN(c1ccc(C)cc1)S(=O)(=O)c1ccc(OC)c(Br)c1. The van der Waals surface area contributed by atoms with Gasteiger partial charge in [0.2, 0.25) is 11.8 Å². The van der Waals surface area contributed by atoms with Crippen LogP contribution in [0.4, 0.5) is 5.69 Å². The summed E-state index contributed by atoms with van der Waals surface area (Å²) in [4.78, 5) is 28.2. The second-order valence-corrected chi connectivity index (χ2v) is 12.4. The molecule has 0 fully saturated rings. The van der Waals surface area contributed by atoms with Gasteiger partial charge in [0.05, 0.1) is 22.2 Å². The first-order valence-electron chi connectivity index (χ1n) is 12.7. The number of nitrogens with zero attached hydrogens (tertiary/aromatic N) is 2. The van der Waals surface area contributed by atoms with E-state index in [1.807, 2.05) is 13.8 Å². The first-order chi connectivity index (χ1) is 19.0. The molecule has 0 aromatic heterocycles. The number of anilines is 1. The van der Waals surface area contributed by atoms with Gasteiger partial charge < -0.3 is 15.0 Å². The zero-order valence-corrected chi connectivity index (χ0v) is 26.0. The van der Waals surface area contributed by atoms with E-state index in [0.717, 1.165) is 16.3 Å². The summed E-state index contributed by atoms with van der Waals surface area (Å²) in [6.07, 6.45) is 0.734. The molecule has 40 heavy (non-hydrogen) atoms. The number of amides is 2. The Hall–Kier alpha value is -3.08. The number of benzene rings is 3. The fraction of sp³-hybridized carbons (Fsp3) is 0.310. The maximum absolute atomic E-state index is 14.0. The quantitative estimate of drug-likeness (QED) is 0.277. The van der Waals surface area contributed by atoms with Crippen molar-refractivity contribution < 1.29 is 22.7 Å². The van der Waals surface area contributed by atoms with Crippen molar-refractivity contribution in [2.45, 2.75) is 44.7 Å². The normalized spacial score (nSPS) is 11.9. The number of carbonyl (C=O) groups excluding carboxylic acids is 2. The smallest absolute Gasteiger partial charge is 0.264 e. The molecule has 214 valence electrons. The lowest BCUT2D eigenvalue weighted by Gasteiger charge is -2.32. The second-order valence-electron chi connectivity index (χ2n) is 9.26. The molecule has 0 spiro atoms. The van der Waals surface area contributed by atoms with Crippen molar-refractivity contribution in [3.05, 3.63) is 87.4 Å². The van der Waals surface area contributed by atoms with Crippen molar-refractivity contribution in [2.24, 2.45) is 0 Å². The average Bonchev–Trinajstić information content (AvgIpc) is 2.93. The Kier molecular flexibility index (Phi) is 11.0. The van der Waals surface area contributed by atoms with Crippen LogP contribution in [-0.2, 0) is 26.2 Å². The van der Waals surface area contributed by atoms with Crippen molar-refractivity contribution >= 4 is 55.1 Å². The van der Waals surface area contributed by atoms with E-state index >= 15 is 0 Å². The van der Waals surface area contributed by atoms with Crippen molar-refractivity contribution in [1.82, 2.24) is 10.2 Å². The summed E-state index contributed by atoms with van der Waals surface area (Å²) >= 11 is 9.52. The highest BCUT2D eigenvalue weighted by atomic mass is 79.9. The topological polar surface area (TPSA) is 96.0 Å². The lowest BCUT2D eigenvalue weighted by atomic mass is 10.1. The van der Waals surface area contributed by atoms with Crippen LogP contribution in [0.2, 0.25) is 5.02 Å². The molecule has 0 bridgehead atoms. The molecule has 8 nitrogen and oxygen atoms in total. The van der Waals surface area contributed by atoms with E-state index in [4.69, 9.17) is 16.3 Å². The minimum atomic E-state index is -4.20. The first kappa shape index (κ1) is 31.4. The third-order valence-electron chi connectivity index (χ3n) is 6.27. The summed E-state index contributed by atoms with van der Waals surface area (Å²) in [6, 6.07) is 17.4. The van der Waals surface area contributed by atoms with Gasteiger partial charge in [0.1, 0.15) is 18.3 Å². The highest BCUT2D eigenvalue weighted by molar-refractivity contribution is 9.10. The Morgan fingerprint density at radius 2 is 1.77 bits per heavy atom. The Labute approximate surface area is 249 Å². The molecule has 11 heteroatoms. The summed E-state index contributed by atoms with van der Waals surface area (Å²) < 4.78 is 34.7. The molecule has 3 rings (SSSR count). The summed E-state index contributed by atoms with van der Waals surface area (Å²) in [5, 5.41) is 3.31. The molecule has 0 heterocycles. The third kappa shape index (κ3) is 7.77. The van der Waals surface area contributed by atoms with E-state index in [1.54, 1.807) is 55.5 Å². The number of halogens is 2. The molecule has 0 saturated heterocycles. The number of sulfonamides is 1. The molecule has 2 amide bonds. The summed E-state index contributed by atoms with van der Waals surface area (Å²) in [5.41, 5.74) is 1.96. The Bertz CT molecular complexity index is 1450. The lowest BCUT2D eigenvalue weighted by molar-refractivity contribution is -0.139. The van der Waals surface area contributed by atoms with Gasteiger partial charge in [-0.3, -0.25) is 13.9 Å². The van der Waals surface area contributed by atoms with Crippen LogP contribution in [0, 0.1) is 6.92 Å². The fourth-order valence-corrected chi connectivity index (χ4v) is 6.33. The van der Waals surface area contributed by atoms with Gasteiger partial charge in [0.15, 0.2) is 0 Å². The van der Waals surface area contributed by atoms with Crippen LogP contribution >= 0.6 is 27.5 Å². The molecular formula is C29H33BrClN3O5S. The van der Waals surface area contributed by atoms with Crippen LogP contribution in [0.15, 0.2) is 76.1 Å². The van der Waals surface area contributed by atoms with Gasteiger partial charge in [-0.05, 0) is 84.2 Å². The second kappa shape index (κ2) is 14.0. The molecule has 0 saturated carbocycles. The average molecular weight is 651 g/mol. The van der Waals surface area contributed by atoms with Gasteiger partial charge >= 0.3 is 0 Å². The highest BCUT2D eigenvalue weighted by Gasteiger charge is 2.32. The van der Waals surface area contributed by atoms with E-state index in [0.29, 0.717) is 33.0 Å². The summed E-state index contributed by atoms with van der Waals surface area (Å²) in [7, 11) is -2.72. The first-order valence-corrected chi connectivity index (χ1v) is 15.3. The molecule has 0 radical (unpaired) electrons. The van der Waals surface area contributed by atoms with Crippen molar-refractivity contribution in [1.29, 1.82) is 0 Å². The van der Waals surface area contributed by atoms with Gasteiger partial charge in [0.25, 0.3) is 10.0 Å². The number of aryl methyl sites for hydroxylation is 1. The Morgan fingerprint density at radius 1 is 1.07 bits per heavy atom. The molecular weight excluding hydrogens is 618 g/mol. The highest BCUT2D eigenvalue weighted by Crippen LogP contribution is 2.31. The lowest BCUT2D eigenvalue weighted by Crippen LogP contribution is -2.51. The molecule has 0 unspecified atom stereocenters. The molecule has 0 aliphatic carbocycles. The van der Waals surface area contributed by atoms with Gasteiger partial charge in [-0.1, -0.05) is 48.4 Å². The van der Waals surface area contributed by atoms with E-state index in [9.17, 15) is 18.0 Å². The van der Waals surface area contributed by atoms with E-state index in [1.165, 1.54) is 30.2 Å². The molecule has 3 aromatic rings. The maximum Gasteiger partial charge on any atom is 0.264 e. The van der Waals surface area contributed by atoms with Crippen molar-refractivity contribution in [3.63, 3.8) is 0 Å². The maximum atomic E-state index is 14.0. The van der Waals surface area contributed by atoms with Crippen molar-refractivity contribution in [2.75, 3.05) is 24.5 Å². The molecule has 1 N–H and O–H groups in total. The van der Waals surface area contributed by atoms with Crippen LogP contribution in [-0.4, -0.2) is 51.4 Å². The minimum absolute atomic E-state index is 0.0244. The predicted molar refractivity (Wildman–Crippen MR) is 161 cm³/mol. The van der Waals surface area contributed by atoms with Gasteiger partial charge in [-0.25, -0.2) is 8.42 Å². The number of hydrogen-bond acceptors (Lipinski definition) is 5. The number of rotatable bonds is 12. The van der Waals surface area contributed by atoms with Crippen LogP contribution < -0.4 is 14.4 Å². The largest absolute Gasteiger partial charge is 0.496 e. The minimum Gasteiger partial charge on any atom is -0.496 e. The number of hydrogen-bond donors (Lipinski definition) is 1. The van der Waals surface area contributed by atoms with E-state index in [-0.39, 0.29) is 17.3 Å². The molecule has 3 aromatic carbocycles. The monoisotopic (exact) mass is 649 g/mol. The fourth-order valence-electron chi connectivity index (χ4n) is 3.99. The summed E-state index contributed by atoms with van der Waals surface area (Å²) in [6.45, 7) is 5.44. The number of ether oxygens (including phenoxy) is 1. The number of carbonyl (C=O) groups is 2. The Morgan fingerprint density at radius 3 is 2.38 bits per heavy atom. The molecule has 1 atom stereocenters. The zero-order chi connectivity index (χ0) is 29.4. The summed E-state index contributed by atoms with van der Waals surface area (Å²) in [5.74, 6) is -0.409. The standard InChI is InChI=1S/C29H33BrClN3O5S/c1-5-15-32-29(36)21(3)33(18-22-7-6-8-23(31)16-22)28(35)19-34(24-11-9-20(2)10-12-24)40(37,38)25-13-14-27(39-4)26(30)17-25/h6-14,16-17,21H,5,15,18-19H2,1-4H3,(H,32,36)/t21-/m0/s1. The number of nitrogens with one attached hydrogen (secondary N) is 1.